The van der Waals surface area contributed by atoms with Gasteiger partial charge in [0.15, 0.2) is 0 Å². The van der Waals surface area contributed by atoms with Crippen LogP contribution in [0.4, 0.5) is 5.69 Å². The molecule has 0 atom stereocenters. The molecule has 128 valence electrons. The van der Waals surface area contributed by atoms with Crippen molar-refractivity contribution >= 4 is 23.2 Å². The third-order valence-electron chi connectivity index (χ3n) is 3.49. The Morgan fingerprint density at radius 2 is 2.04 bits per heavy atom. The highest BCUT2D eigenvalue weighted by atomic mass is 35.5. The molecule has 0 aliphatic rings. The molecule has 0 fully saturated rings. The maximum absolute atomic E-state index is 12.0. The second kappa shape index (κ2) is 7.81. The molecule has 1 heterocycles. The summed E-state index contributed by atoms with van der Waals surface area (Å²) >= 11 is 5.89. The van der Waals surface area contributed by atoms with Gasteiger partial charge in [-0.1, -0.05) is 22.8 Å². The van der Waals surface area contributed by atoms with E-state index in [0.717, 1.165) is 11.3 Å². The molecule has 7 heteroatoms. The minimum Gasteiger partial charge on any atom is -0.497 e. The topological polar surface area (TPSA) is 77.2 Å². The van der Waals surface area contributed by atoms with Crippen molar-refractivity contribution in [3.63, 3.8) is 0 Å². The smallest absolute Gasteiger partial charge is 0.227 e. The van der Waals surface area contributed by atoms with Crippen LogP contribution >= 0.6 is 11.6 Å². The van der Waals surface area contributed by atoms with Crippen molar-refractivity contribution < 1.29 is 14.1 Å². The standard InChI is InChI=1S/C18H16ClN3O3/c1-24-15-7-5-12(6-8-15)18-21-17(25-22-18)10-9-16(23)20-14-4-2-3-13(19)11-14/h2-8,11H,9-10H2,1H3,(H,20,23). The zero-order valence-electron chi connectivity index (χ0n) is 13.5. The van der Waals surface area contributed by atoms with Gasteiger partial charge in [0.2, 0.25) is 17.6 Å². The summed E-state index contributed by atoms with van der Waals surface area (Å²) in [4.78, 5) is 16.3. The molecule has 3 aromatic rings. The van der Waals surface area contributed by atoms with E-state index in [9.17, 15) is 4.79 Å². The van der Waals surface area contributed by atoms with Gasteiger partial charge in [0, 0.05) is 29.1 Å². The second-order valence-electron chi connectivity index (χ2n) is 5.30. The van der Waals surface area contributed by atoms with Crippen molar-refractivity contribution in [2.24, 2.45) is 0 Å². The number of carbonyl (C=O) groups is 1. The first-order valence-corrected chi connectivity index (χ1v) is 8.04. The molecule has 0 unspecified atom stereocenters. The number of hydrogen-bond donors (Lipinski definition) is 1. The van der Waals surface area contributed by atoms with Crippen LogP contribution in [0.15, 0.2) is 53.1 Å². The molecule has 0 aliphatic carbocycles. The number of ether oxygens (including phenoxy) is 1. The first kappa shape index (κ1) is 17.0. The number of nitrogens with one attached hydrogen (secondary N) is 1. The van der Waals surface area contributed by atoms with E-state index in [2.05, 4.69) is 15.5 Å². The number of methoxy groups -OCH3 is 1. The number of amides is 1. The second-order valence-corrected chi connectivity index (χ2v) is 5.74. The highest BCUT2D eigenvalue weighted by Gasteiger charge is 2.11. The predicted molar refractivity (Wildman–Crippen MR) is 94.7 cm³/mol. The summed E-state index contributed by atoms with van der Waals surface area (Å²) in [5.74, 6) is 1.50. The van der Waals surface area contributed by atoms with Crippen molar-refractivity contribution in [2.45, 2.75) is 12.8 Å². The molecule has 0 spiro atoms. The normalized spacial score (nSPS) is 10.5. The SMILES string of the molecule is COc1ccc(-c2noc(CCC(=O)Nc3cccc(Cl)c3)n2)cc1. The molecule has 1 N–H and O–H groups in total. The van der Waals surface area contributed by atoms with E-state index in [1.807, 2.05) is 24.3 Å². The average molecular weight is 358 g/mol. The van der Waals surface area contributed by atoms with E-state index in [0.29, 0.717) is 28.8 Å². The van der Waals surface area contributed by atoms with Gasteiger partial charge in [0.05, 0.1) is 7.11 Å². The zero-order chi connectivity index (χ0) is 17.6. The van der Waals surface area contributed by atoms with Crippen LogP contribution in [0.3, 0.4) is 0 Å². The third kappa shape index (κ3) is 4.58. The van der Waals surface area contributed by atoms with Crippen molar-refractivity contribution in [1.29, 1.82) is 0 Å². The number of halogens is 1. The van der Waals surface area contributed by atoms with E-state index in [4.69, 9.17) is 20.9 Å². The molecule has 2 aromatic carbocycles. The zero-order valence-corrected chi connectivity index (χ0v) is 14.3. The highest BCUT2D eigenvalue weighted by Crippen LogP contribution is 2.20. The molecule has 0 aliphatic heterocycles. The van der Waals surface area contributed by atoms with E-state index in [1.165, 1.54) is 0 Å². The molecule has 0 radical (unpaired) electrons. The molecule has 6 nitrogen and oxygen atoms in total. The number of nitrogens with zero attached hydrogens (tertiary/aromatic N) is 2. The van der Waals surface area contributed by atoms with Crippen LogP contribution in [0, 0.1) is 0 Å². The molecule has 0 saturated carbocycles. The first-order chi connectivity index (χ1) is 12.1. The van der Waals surface area contributed by atoms with Gasteiger partial charge in [0.25, 0.3) is 0 Å². The first-order valence-electron chi connectivity index (χ1n) is 7.66. The number of carbonyl (C=O) groups excluding carboxylic acids is 1. The van der Waals surface area contributed by atoms with Gasteiger partial charge in [-0.25, -0.2) is 0 Å². The van der Waals surface area contributed by atoms with Crippen LogP contribution in [0.1, 0.15) is 12.3 Å². The van der Waals surface area contributed by atoms with Gasteiger partial charge in [-0.2, -0.15) is 4.98 Å². The molecule has 1 amide bonds. The Labute approximate surface area is 149 Å². The van der Waals surface area contributed by atoms with Crippen molar-refractivity contribution in [3.8, 4) is 17.1 Å². The van der Waals surface area contributed by atoms with Crippen molar-refractivity contribution in [1.82, 2.24) is 10.1 Å². The molecule has 1 aromatic heterocycles. The molecule has 3 rings (SSSR count). The number of hydrogen-bond acceptors (Lipinski definition) is 5. The Balaban J connectivity index is 1.56. The Morgan fingerprint density at radius 3 is 2.76 bits per heavy atom. The Hall–Kier alpha value is -2.86. The maximum Gasteiger partial charge on any atom is 0.227 e. The summed E-state index contributed by atoms with van der Waals surface area (Å²) in [7, 11) is 1.61. The molecule has 0 saturated heterocycles. The molecular formula is C18H16ClN3O3. The monoisotopic (exact) mass is 357 g/mol. The summed E-state index contributed by atoms with van der Waals surface area (Å²) in [6.07, 6.45) is 0.590. The van der Waals surface area contributed by atoms with Crippen LogP contribution < -0.4 is 10.1 Å². The summed E-state index contributed by atoms with van der Waals surface area (Å²) in [6, 6.07) is 14.3. The van der Waals surface area contributed by atoms with Gasteiger partial charge in [-0.05, 0) is 42.5 Å². The Bertz CT molecular complexity index is 862. The summed E-state index contributed by atoms with van der Waals surface area (Å²) < 4.78 is 10.3. The lowest BCUT2D eigenvalue weighted by atomic mass is 10.2. The maximum atomic E-state index is 12.0. The largest absolute Gasteiger partial charge is 0.497 e. The number of aromatic nitrogens is 2. The molecule has 0 bridgehead atoms. The van der Waals surface area contributed by atoms with Crippen molar-refractivity contribution in [2.75, 3.05) is 12.4 Å². The lowest BCUT2D eigenvalue weighted by Crippen LogP contribution is -2.12. The van der Waals surface area contributed by atoms with Crippen LogP contribution in [0.25, 0.3) is 11.4 Å². The lowest BCUT2D eigenvalue weighted by molar-refractivity contribution is -0.116. The van der Waals surface area contributed by atoms with E-state index >= 15 is 0 Å². The average Bonchev–Trinajstić information content (AvgIpc) is 3.09. The number of rotatable bonds is 6. The Morgan fingerprint density at radius 1 is 1.24 bits per heavy atom. The fourth-order valence-electron chi connectivity index (χ4n) is 2.22. The van der Waals surface area contributed by atoms with Crippen LogP contribution in [0.2, 0.25) is 5.02 Å². The molecular weight excluding hydrogens is 342 g/mol. The van der Waals surface area contributed by atoms with E-state index < -0.39 is 0 Å². The van der Waals surface area contributed by atoms with Gasteiger partial charge >= 0.3 is 0 Å². The lowest BCUT2D eigenvalue weighted by Gasteiger charge is -2.04. The number of benzene rings is 2. The number of anilines is 1. The van der Waals surface area contributed by atoms with Crippen molar-refractivity contribution in [3.05, 3.63) is 59.4 Å². The summed E-state index contributed by atoms with van der Waals surface area (Å²) in [6.45, 7) is 0. The van der Waals surface area contributed by atoms with Gasteiger partial charge in [-0.15, -0.1) is 0 Å². The van der Waals surface area contributed by atoms with Crippen LogP contribution in [-0.2, 0) is 11.2 Å². The summed E-state index contributed by atoms with van der Waals surface area (Å²) in [5, 5.41) is 7.28. The Kier molecular flexibility index (Phi) is 5.30. The predicted octanol–water partition coefficient (Wildman–Crippen LogP) is 3.97. The number of aryl methyl sites for hydroxylation is 1. The van der Waals surface area contributed by atoms with E-state index in [-0.39, 0.29) is 12.3 Å². The minimum absolute atomic E-state index is 0.147. The third-order valence-corrected chi connectivity index (χ3v) is 3.73. The van der Waals surface area contributed by atoms with E-state index in [1.54, 1.807) is 31.4 Å². The highest BCUT2D eigenvalue weighted by molar-refractivity contribution is 6.30. The van der Waals surface area contributed by atoms with Crippen LogP contribution in [-0.4, -0.2) is 23.2 Å². The van der Waals surface area contributed by atoms with Gasteiger partial charge in [0.1, 0.15) is 5.75 Å². The van der Waals surface area contributed by atoms with Gasteiger partial charge < -0.3 is 14.6 Å². The van der Waals surface area contributed by atoms with Crippen LogP contribution in [0.5, 0.6) is 5.75 Å². The van der Waals surface area contributed by atoms with Gasteiger partial charge in [-0.3, -0.25) is 4.79 Å². The summed E-state index contributed by atoms with van der Waals surface area (Å²) in [5.41, 5.74) is 1.47. The fraction of sp³-hybridized carbons (Fsp3) is 0.167. The fourth-order valence-corrected chi connectivity index (χ4v) is 2.41. The quantitative estimate of drug-likeness (QED) is 0.722. The minimum atomic E-state index is -0.147. The molecule has 25 heavy (non-hydrogen) atoms.